The Bertz CT molecular complexity index is 793. The van der Waals surface area contributed by atoms with Crippen LogP contribution in [-0.4, -0.2) is 17.3 Å². The molecule has 1 aromatic carbocycles. The van der Waals surface area contributed by atoms with Gasteiger partial charge >= 0.3 is 0 Å². The standard InChI is InChI=1S/C20H21BrN2O2S/c1-4-5-16-17(10-22)20(23-12(2)19(16)13(3)24)26-11-18(25)14-6-8-15(21)9-7-14/h6-9,16,19,23H,2,4-5,11H2,1,3H3. The van der Waals surface area contributed by atoms with E-state index in [0.29, 0.717) is 21.9 Å². The summed E-state index contributed by atoms with van der Waals surface area (Å²) in [5.41, 5.74) is 1.78. The van der Waals surface area contributed by atoms with Crippen LogP contribution in [0.1, 0.15) is 37.0 Å². The average Bonchev–Trinajstić information content (AvgIpc) is 2.60. The maximum atomic E-state index is 12.4. The highest BCUT2D eigenvalue weighted by molar-refractivity contribution is 9.10. The van der Waals surface area contributed by atoms with Crippen LogP contribution in [0, 0.1) is 23.2 Å². The maximum absolute atomic E-state index is 12.4. The first-order valence-corrected chi connectivity index (χ1v) is 10.2. The van der Waals surface area contributed by atoms with E-state index in [1.807, 2.05) is 19.1 Å². The number of hydrogen-bond acceptors (Lipinski definition) is 5. The third-order valence-corrected chi connectivity index (χ3v) is 5.89. The van der Waals surface area contributed by atoms with Crippen LogP contribution in [0.4, 0.5) is 0 Å². The number of allylic oxidation sites excluding steroid dienone is 2. The second kappa shape index (κ2) is 9.20. The predicted molar refractivity (Wildman–Crippen MR) is 108 cm³/mol. The van der Waals surface area contributed by atoms with E-state index in [1.165, 1.54) is 18.7 Å². The largest absolute Gasteiger partial charge is 0.353 e. The highest BCUT2D eigenvalue weighted by Crippen LogP contribution is 2.39. The molecule has 0 aliphatic carbocycles. The first kappa shape index (κ1) is 20.5. The first-order chi connectivity index (χ1) is 12.4. The van der Waals surface area contributed by atoms with Crippen molar-refractivity contribution in [2.24, 2.45) is 11.8 Å². The van der Waals surface area contributed by atoms with Crippen molar-refractivity contribution >= 4 is 39.3 Å². The average molecular weight is 433 g/mol. The second-order valence-electron chi connectivity index (χ2n) is 6.21. The monoisotopic (exact) mass is 432 g/mol. The van der Waals surface area contributed by atoms with Crippen LogP contribution in [0.3, 0.4) is 0 Å². The van der Waals surface area contributed by atoms with Crippen LogP contribution in [0.2, 0.25) is 0 Å². The van der Waals surface area contributed by atoms with Gasteiger partial charge in [-0.3, -0.25) is 9.59 Å². The number of Topliss-reactive ketones (excluding diaryl/α,β-unsaturated/α-hetero) is 2. The summed E-state index contributed by atoms with van der Waals surface area (Å²) in [6, 6.07) is 9.44. The molecule has 1 aromatic rings. The zero-order valence-corrected chi connectivity index (χ0v) is 17.2. The van der Waals surface area contributed by atoms with E-state index in [4.69, 9.17) is 0 Å². The number of benzene rings is 1. The molecule has 0 saturated heterocycles. The molecule has 1 heterocycles. The van der Waals surface area contributed by atoms with E-state index in [-0.39, 0.29) is 23.2 Å². The minimum Gasteiger partial charge on any atom is -0.353 e. The lowest BCUT2D eigenvalue weighted by Gasteiger charge is -2.33. The number of nitriles is 1. The van der Waals surface area contributed by atoms with Gasteiger partial charge in [0.2, 0.25) is 0 Å². The van der Waals surface area contributed by atoms with Gasteiger partial charge in [0.15, 0.2) is 5.78 Å². The molecule has 2 atom stereocenters. The van der Waals surface area contributed by atoms with Gasteiger partial charge < -0.3 is 5.32 Å². The van der Waals surface area contributed by atoms with Gasteiger partial charge in [-0.1, -0.05) is 59.7 Å². The summed E-state index contributed by atoms with van der Waals surface area (Å²) in [5.74, 6) is -0.367. The van der Waals surface area contributed by atoms with Gasteiger partial charge in [0, 0.05) is 21.7 Å². The minimum absolute atomic E-state index is 0.00342. The van der Waals surface area contributed by atoms with Crippen molar-refractivity contribution in [2.45, 2.75) is 26.7 Å². The third kappa shape index (κ3) is 4.66. The number of thioether (sulfide) groups is 1. The zero-order valence-electron chi connectivity index (χ0n) is 14.8. The van der Waals surface area contributed by atoms with Crippen molar-refractivity contribution < 1.29 is 9.59 Å². The number of rotatable bonds is 7. The molecule has 0 radical (unpaired) electrons. The minimum atomic E-state index is -0.392. The summed E-state index contributed by atoms with van der Waals surface area (Å²) in [6.07, 6.45) is 1.60. The van der Waals surface area contributed by atoms with E-state index in [1.54, 1.807) is 12.1 Å². The molecule has 0 amide bonds. The Kier molecular flexibility index (Phi) is 7.24. The zero-order chi connectivity index (χ0) is 19.3. The number of nitrogens with one attached hydrogen (secondary N) is 1. The molecule has 6 heteroatoms. The van der Waals surface area contributed by atoms with Crippen LogP contribution in [0.25, 0.3) is 0 Å². The van der Waals surface area contributed by atoms with Crippen LogP contribution in [0.15, 0.2) is 51.6 Å². The molecule has 4 nitrogen and oxygen atoms in total. The van der Waals surface area contributed by atoms with Gasteiger partial charge in [-0.05, 0) is 25.5 Å². The molecule has 0 bridgehead atoms. The molecule has 0 fully saturated rings. The fraction of sp³-hybridized carbons (Fsp3) is 0.350. The van der Waals surface area contributed by atoms with Crippen LogP contribution in [0.5, 0.6) is 0 Å². The fourth-order valence-corrected chi connectivity index (χ4v) is 4.39. The lowest BCUT2D eigenvalue weighted by molar-refractivity contribution is -0.121. The molecular formula is C20H21BrN2O2S. The van der Waals surface area contributed by atoms with Gasteiger partial charge in [0.05, 0.1) is 28.3 Å². The van der Waals surface area contributed by atoms with E-state index >= 15 is 0 Å². The Labute approximate surface area is 166 Å². The quantitative estimate of drug-likeness (QED) is 0.624. The number of halogens is 1. The molecule has 0 aromatic heterocycles. The first-order valence-electron chi connectivity index (χ1n) is 8.41. The summed E-state index contributed by atoms with van der Waals surface area (Å²) >= 11 is 4.65. The Hall–Kier alpha value is -1.84. The summed E-state index contributed by atoms with van der Waals surface area (Å²) in [5, 5.41) is 13.4. The molecular weight excluding hydrogens is 412 g/mol. The lowest BCUT2D eigenvalue weighted by Crippen LogP contribution is -2.36. The molecule has 0 saturated carbocycles. The number of carbonyl (C=O) groups excluding carboxylic acids is 2. The van der Waals surface area contributed by atoms with Crippen molar-refractivity contribution in [1.82, 2.24) is 5.32 Å². The van der Waals surface area contributed by atoms with E-state index in [0.717, 1.165) is 17.3 Å². The molecule has 2 rings (SSSR count). The maximum Gasteiger partial charge on any atom is 0.173 e. The number of hydrogen-bond donors (Lipinski definition) is 1. The SMILES string of the molecule is C=C1NC(SCC(=O)c2ccc(Br)cc2)=C(C#N)C(CCC)C1C(C)=O. The van der Waals surface area contributed by atoms with Gasteiger partial charge in [-0.15, -0.1) is 0 Å². The van der Waals surface area contributed by atoms with E-state index < -0.39 is 5.92 Å². The molecule has 1 aliphatic rings. The van der Waals surface area contributed by atoms with Crippen LogP contribution in [-0.2, 0) is 4.79 Å². The second-order valence-corrected chi connectivity index (χ2v) is 8.11. The lowest BCUT2D eigenvalue weighted by atomic mass is 9.77. The molecule has 2 unspecified atom stereocenters. The third-order valence-electron chi connectivity index (χ3n) is 4.34. The van der Waals surface area contributed by atoms with Gasteiger partial charge in [0.25, 0.3) is 0 Å². The summed E-state index contributed by atoms with van der Waals surface area (Å²) in [4.78, 5) is 24.5. The van der Waals surface area contributed by atoms with Crippen LogP contribution < -0.4 is 5.32 Å². The smallest absolute Gasteiger partial charge is 0.173 e. The Morgan fingerprint density at radius 3 is 2.54 bits per heavy atom. The van der Waals surface area contributed by atoms with Gasteiger partial charge in [-0.2, -0.15) is 5.26 Å². The van der Waals surface area contributed by atoms with Crippen molar-refractivity contribution in [3.05, 3.63) is 57.2 Å². The van der Waals surface area contributed by atoms with Crippen molar-refractivity contribution in [2.75, 3.05) is 5.75 Å². The fourth-order valence-electron chi connectivity index (χ4n) is 3.12. The number of nitrogens with zero attached hydrogens (tertiary/aromatic N) is 1. The molecule has 136 valence electrons. The summed E-state index contributed by atoms with van der Waals surface area (Å²) in [6.45, 7) is 7.55. The molecule has 0 spiro atoms. The van der Waals surface area contributed by atoms with Gasteiger partial charge in [0.1, 0.15) is 5.78 Å². The van der Waals surface area contributed by atoms with Crippen molar-refractivity contribution in [3.8, 4) is 6.07 Å². The highest BCUT2D eigenvalue weighted by Gasteiger charge is 2.36. The Morgan fingerprint density at radius 1 is 1.35 bits per heavy atom. The van der Waals surface area contributed by atoms with Crippen LogP contribution >= 0.6 is 27.7 Å². The Balaban J connectivity index is 2.22. The van der Waals surface area contributed by atoms with Crippen molar-refractivity contribution in [3.63, 3.8) is 0 Å². The summed E-state index contributed by atoms with van der Waals surface area (Å²) < 4.78 is 0.916. The topological polar surface area (TPSA) is 70.0 Å². The molecule has 26 heavy (non-hydrogen) atoms. The number of ketones is 2. The van der Waals surface area contributed by atoms with Crippen molar-refractivity contribution in [1.29, 1.82) is 5.26 Å². The predicted octanol–water partition coefficient (Wildman–Crippen LogP) is 4.84. The summed E-state index contributed by atoms with van der Waals surface area (Å²) in [7, 11) is 0. The highest BCUT2D eigenvalue weighted by atomic mass is 79.9. The number of carbonyl (C=O) groups is 2. The van der Waals surface area contributed by atoms with E-state index in [9.17, 15) is 14.9 Å². The van der Waals surface area contributed by atoms with Gasteiger partial charge in [-0.25, -0.2) is 0 Å². The molecule has 1 N–H and O–H groups in total. The normalized spacial score (nSPS) is 19.7. The van der Waals surface area contributed by atoms with E-state index in [2.05, 4.69) is 33.9 Å². The Morgan fingerprint density at radius 2 is 2.00 bits per heavy atom. The molecule has 1 aliphatic heterocycles.